The Kier molecular flexibility index (Phi) is 5.68. The molecule has 1 unspecified atom stereocenters. The molecule has 32 heavy (non-hydrogen) atoms. The van der Waals surface area contributed by atoms with Crippen LogP contribution in [-0.2, 0) is 0 Å². The Bertz CT molecular complexity index is 1160. The first-order valence-electron chi connectivity index (χ1n) is 11.2. The summed E-state index contributed by atoms with van der Waals surface area (Å²) in [5.41, 5.74) is 9.73. The molecule has 1 saturated carbocycles. The minimum atomic E-state index is 0.113. The lowest BCUT2D eigenvalue weighted by atomic mass is 9.92. The fourth-order valence-corrected chi connectivity index (χ4v) is 4.17. The van der Waals surface area contributed by atoms with Gasteiger partial charge in [0.1, 0.15) is 5.82 Å². The summed E-state index contributed by atoms with van der Waals surface area (Å²) in [6.07, 6.45) is 9.67. The summed E-state index contributed by atoms with van der Waals surface area (Å²) in [5.74, 6) is 1.43. The molecule has 0 amide bonds. The first kappa shape index (κ1) is 20.4. The molecule has 0 radical (unpaired) electrons. The van der Waals surface area contributed by atoms with Gasteiger partial charge in [-0.3, -0.25) is 0 Å². The van der Waals surface area contributed by atoms with E-state index in [4.69, 9.17) is 10.8 Å². The summed E-state index contributed by atoms with van der Waals surface area (Å²) in [6.45, 7) is 2.09. The van der Waals surface area contributed by atoms with Crippen LogP contribution in [0.3, 0.4) is 0 Å². The number of nitrogens with one attached hydrogen (secondary N) is 2. The molecule has 1 fully saturated rings. The molecule has 0 bridgehead atoms. The molecule has 0 aliphatic heterocycles. The van der Waals surface area contributed by atoms with Crippen molar-refractivity contribution >= 4 is 17.4 Å². The van der Waals surface area contributed by atoms with E-state index in [1.54, 1.807) is 12.4 Å². The Morgan fingerprint density at radius 2 is 1.69 bits per heavy atom. The lowest BCUT2D eigenvalue weighted by Crippen LogP contribution is -2.33. The molecule has 5 rings (SSSR count). The second-order valence-corrected chi connectivity index (χ2v) is 8.46. The van der Waals surface area contributed by atoms with Crippen LogP contribution in [0.2, 0.25) is 0 Å². The number of imidazole rings is 1. The number of benzene rings is 1. The molecular weight excluding hydrogens is 400 g/mol. The number of nitrogens with two attached hydrogens (primary N) is 1. The Balaban J connectivity index is 1.32. The lowest BCUT2D eigenvalue weighted by molar-refractivity contribution is 0.410. The summed E-state index contributed by atoms with van der Waals surface area (Å²) in [5, 5.41) is 11.7. The van der Waals surface area contributed by atoms with Crippen LogP contribution in [0.15, 0.2) is 61.1 Å². The Morgan fingerprint density at radius 3 is 2.44 bits per heavy atom. The van der Waals surface area contributed by atoms with Crippen molar-refractivity contribution in [3.8, 4) is 11.3 Å². The Labute approximate surface area is 187 Å². The predicted octanol–water partition coefficient (Wildman–Crippen LogP) is 4.04. The smallest absolute Gasteiger partial charge is 0.223 e. The van der Waals surface area contributed by atoms with Gasteiger partial charge < -0.3 is 16.4 Å². The van der Waals surface area contributed by atoms with Crippen LogP contribution >= 0.6 is 0 Å². The van der Waals surface area contributed by atoms with Crippen molar-refractivity contribution in [1.29, 1.82) is 0 Å². The number of nitrogens with zero attached hydrogens (tertiary/aromatic N) is 5. The van der Waals surface area contributed by atoms with Crippen molar-refractivity contribution in [3.63, 3.8) is 0 Å². The zero-order chi connectivity index (χ0) is 21.9. The van der Waals surface area contributed by atoms with Gasteiger partial charge in [0.2, 0.25) is 5.95 Å². The Hall–Kier alpha value is -3.52. The van der Waals surface area contributed by atoms with Crippen molar-refractivity contribution < 1.29 is 0 Å². The Morgan fingerprint density at radius 1 is 0.938 bits per heavy atom. The van der Waals surface area contributed by atoms with Gasteiger partial charge in [-0.25, -0.2) is 19.5 Å². The van der Waals surface area contributed by atoms with Crippen LogP contribution in [0.1, 0.15) is 44.2 Å². The average Bonchev–Trinajstić information content (AvgIpc) is 3.25. The molecule has 3 heterocycles. The maximum absolute atomic E-state index is 6.03. The van der Waals surface area contributed by atoms with Crippen LogP contribution in [0.25, 0.3) is 16.9 Å². The van der Waals surface area contributed by atoms with Crippen LogP contribution in [-0.4, -0.2) is 36.6 Å². The molecule has 4 aromatic rings. The fourth-order valence-electron chi connectivity index (χ4n) is 4.17. The second-order valence-electron chi connectivity index (χ2n) is 8.46. The van der Waals surface area contributed by atoms with Gasteiger partial charge in [-0.2, -0.15) is 0 Å². The third-order valence-corrected chi connectivity index (χ3v) is 6.08. The third kappa shape index (κ3) is 4.40. The van der Waals surface area contributed by atoms with E-state index >= 15 is 0 Å². The summed E-state index contributed by atoms with van der Waals surface area (Å²) >= 11 is 0. The number of fused-ring (bicyclic) bond motifs is 1. The van der Waals surface area contributed by atoms with Crippen LogP contribution in [0.5, 0.6) is 0 Å². The van der Waals surface area contributed by atoms with Gasteiger partial charge in [0, 0.05) is 30.0 Å². The minimum Gasteiger partial charge on any atom is -0.366 e. The van der Waals surface area contributed by atoms with E-state index in [1.807, 2.05) is 41.0 Å². The highest BCUT2D eigenvalue weighted by Crippen LogP contribution is 2.24. The molecule has 1 aliphatic carbocycles. The van der Waals surface area contributed by atoms with Gasteiger partial charge in [-0.15, -0.1) is 5.10 Å². The van der Waals surface area contributed by atoms with Gasteiger partial charge in [-0.05, 0) is 50.3 Å². The average molecular weight is 429 g/mol. The SMILES string of the molecule is CC(Nc1ncc(-c2cnc3ccc(NC4CCC(N)CC4)nn23)cn1)c1ccccc1. The van der Waals surface area contributed by atoms with Crippen molar-refractivity contribution in [1.82, 2.24) is 24.6 Å². The molecule has 1 aliphatic rings. The van der Waals surface area contributed by atoms with E-state index in [-0.39, 0.29) is 6.04 Å². The van der Waals surface area contributed by atoms with Gasteiger partial charge >= 0.3 is 0 Å². The van der Waals surface area contributed by atoms with Crippen LogP contribution < -0.4 is 16.4 Å². The van der Waals surface area contributed by atoms with Crippen molar-refractivity contribution in [3.05, 3.63) is 66.6 Å². The highest BCUT2D eigenvalue weighted by Gasteiger charge is 2.19. The van der Waals surface area contributed by atoms with E-state index in [9.17, 15) is 0 Å². The largest absolute Gasteiger partial charge is 0.366 e. The zero-order valence-corrected chi connectivity index (χ0v) is 18.1. The van der Waals surface area contributed by atoms with E-state index in [0.717, 1.165) is 48.4 Å². The van der Waals surface area contributed by atoms with Crippen molar-refractivity contribution in [2.24, 2.45) is 5.73 Å². The fraction of sp³-hybridized carbons (Fsp3) is 0.333. The molecule has 1 aromatic carbocycles. The molecular formula is C24H28N8. The number of rotatable bonds is 6. The third-order valence-electron chi connectivity index (χ3n) is 6.08. The highest BCUT2D eigenvalue weighted by molar-refractivity contribution is 5.62. The first-order valence-corrected chi connectivity index (χ1v) is 11.2. The molecule has 4 N–H and O–H groups in total. The maximum atomic E-state index is 6.03. The predicted molar refractivity (Wildman–Crippen MR) is 126 cm³/mol. The summed E-state index contributed by atoms with van der Waals surface area (Å²) in [7, 11) is 0. The molecule has 3 aromatic heterocycles. The second kappa shape index (κ2) is 8.92. The van der Waals surface area contributed by atoms with E-state index in [1.165, 1.54) is 5.56 Å². The van der Waals surface area contributed by atoms with Gasteiger partial charge in [0.25, 0.3) is 0 Å². The number of hydrogen-bond acceptors (Lipinski definition) is 7. The van der Waals surface area contributed by atoms with Gasteiger partial charge in [0.15, 0.2) is 5.65 Å². The summed E-state index contributed by atoms with van der Waals surface area (Å²) in [4.78, 5) is 13.5. The van der Waals surface area contributed by atoms with Gasteiger partial charge in [0.05, 0.1) is 17.9 Å². The molecule has 1 atom stereocenters. The monoisotopic (exact) mass is 428 g/mol. The standard InChI is InChI=1S/C24H28N8/c1-16(17-5-3-2-4-6-17)29-24-27-13-18(14-28-24)21-15-26-23-12-11-22(31-32(21)23)30-20-9-7-19(25)8-10-20/h2-6,11-16,19-20H,7-10,25H2,1H3,(H,30,31)(H,27,28,29). The van der Waals surface area contributed by atoms with E-state index < -0.39 is 0 Å². The minimum absolute atomic E-state index is 0.113. The highest BCUT2D eigenvalue weighted by atomic mass is 15.3. The van der Waals surface area contributed by atoms with Crippen molar-refractivity contribution in [2.45, 2.75) is 50.7 Å². The lowest BCUT2D eigenvalue weighted by Gasteiger charge is -2.27. The summed E-state index contributed by atoms with van der Waals surface area (Å²) in [6, 6.07) is 15.1. The maximum Gasteiger partial charge on any atom is 0.223 e. The van der Waals surface area contributed by atoms with E-state index in [2.05, 4.69) is 44.6 Å². The number of hydrogen-bond donors (Lipinski definition) is 3. The molecule has 0 spiro atoms. The number of anilines is 2. The molecule has 8 heteroatoms. The first-order chi connectivity index (χ1) is 15.7. The summed E-state index contributed by atoms with van der Waals surface area (Å²) < 4.78 is 1.84. The number of aromatic nitrogens is 5. The normalized spacial score (nSPS) is 19.6. The molecule has 0 saturated heterocycles. The molecule has 8 nitrogen and oxygen atoms in total. The van der Waals surface area contributed by atoms with E-state index in [0.29, 0.717) is 18.0 Å². The van der Waals surface area contributed by atoms with Crippen LogP contribution in [0, 0.1) is 0 Å². The van der Waals surface area contributed by atoms with Crippen molar-refractivity contribution in [2.75, 3.05) is 10.6 Å². The molecule has 164 valence electrons. The zero-order valence-electron chi connectivity index (χ0n) is 18.1. The van der Waals surface area contributed by atoms with Gasteiger partial charge in [-0.1, -0.05) is 30.3 Å². The quantitative estimate of drug-likeness (QED) is 0.425. The topological polar surface area (TPSA) is 106 Å². The van der Waals surface area contributed by atoms with Crippen LogP contribution in [0.4, 0.5) is 11.8 Å².